The van der Waals surface area contributed by atoms with Crippen molar-refractivity contribution in [3.63, 3.8) is 0 Å². The van der Waals surface area contributed by atoms with Gasteiger partial charge in [-0.15, -0.1) is 0 Å². The predicted octanol–water partition coefficient (Wildman–Crippen LogP) is 9.93. The highest BCUT2D eigenvalue weighted by Gasteiger charge is 2.29. The van der Waals surface area contributed by atoms with Gasteiger partial charge in [0.2, 0.25) is 0 Å². The average Bonchev–Trinajstić information content (AvgIpc) is 3.08. The number of nitrogens with one attached hydrogen (secondary N) is 2. The van der Waals surface area contributed by atoms with Crippen molar-refractivity contribution in [2.24, 2.45) is 0 Å². The van der Waals surface area contributed by atoms with Gasteiger partial charge < -0.3 is 25.0 Å². The molecule has 226 valence electrons. The van der Waals surface area contributed by atoms with Gasteiger partial charge in [-0.1, -0.05) is 77.9 Å². The summed E-state index contributed by atoms with van der Waals surface area (Å²) in [6, 6.07) is 45.8. The summed E-state index contributed by atoms with van der Waals surface area (Å²) in [4.78, 5) is 2.23. The summed E-state index contributed by atoms with van der Waals surface area (Å²) >= 11 is 0. The molecule has 6 rings (SSSR count). The fourth-order valence-electron chi connectivity index (χ4n) is 5.31. The van der Waals surface area contributed by atoms with Gasteiger partial charge in [-0.2, -0.15) is 0 Å². The summed E-state index contributed by atoms with van der Waals surface area (Å²) in [5, 5.41) is 7.12. The van der Waals surface area contributed by atoms with Crippen LogP contribution in [0, 0.1) is 13.8 Å². The second kappa shape index (κ2) is 14.0. The number of aryl methyl sites for hydroxylation is 2. The molecule has 1 unspecified atom stereocenters. The highest BCUT2D eigenvalue weighted by Crippen LogP contribution is 2.35. The minimum atomic E-state index is -0.688. The first-order valence-electron chi connectivity index (χ1n) is 15.4. The lowest BCUT2D eigenvalue weighted by Gasteiger charge is -2.34. The van der Waals surface area contributed by atoms with Gasteiger partial charge in [-0.05, 0) is 98.8 Å². The molecule has 0 fully saturated rings. The Morgan fingerprint density at radius 3 is 1.73 bits per heavy atom. The van der Waals surface area contributed by atoms with Crippen LogP contribution in [0.25, 0.3) is 0 Å². The molecule has 0 aliphatic heterocycles. The van der Waals surface area contributed by atoms with E-state index in [1.165, 1.54) is 11.1 Å². The van der Waals surface area contributed by atoms with Crippen LogP contribution < -0.4 is 20.3 Å². The van der Waals surface area contributed by atoms with Crippen molar-refractivity contribution in [1.82, 2.24) is 0 Å². The molecule has 0 aromatic heterocycles. The maximum Gasteiger partial charge on any atom is 0.162 e. The fraction of sp³-hybridized carbons (Fsp3) is 0.150. The van der Waals surface area contributed by atoms with E-state index in [9.17, 15) is 0 Å². The molecular weight excluding hydrogens is 554 g/mol. The van der Waals surface area contributed by atoms with Crippen LogP contribution >= 0.6 is 0 Å². The number of ether oxygens (including phenoxy) is 2. The zero-order valence-corrected chi connectivity index (χ0v) is 25.8. The quantitative estimate of drug-likeness (QED) is 0.111. The van der Waals surface area contributed by atoms with Crippen LogP contribution in [0.15, 0.2) is 157 Å². The summed E-state index contributed by atoms with van der Waals surface area (Å²) in [7, 11) is 0. The lowest BCUT2D eigenvalue weighted by atomic mass is 10.0. The van der Waals surface area contributed by atoms with E-state index in [1.54, 1.807) is 0 Å². The lowest BCUT2D eigenvalue weighted by molar-refractivity contribution is -0.00118. The van der Waals surface area contributed by atoms with Gasteiger partial charge in [0.15, 0.2) is 5.72 Å². The van der Waals surface area contributed by atoms with Crippen molar-refractivity contribution < 1.29 is 9.47 Å². The number of nitrogens with zero attached hydrogens (tertiary/aromatic N) is 1. The van der Waals surface area contributed by atoms with Gasteiger partial charge in [0.1, 0.15) is 12.4 Å². The molecule has 0 saturated heterocycles. The molecule has 1 atom stereocenters. The van der Waals surface area contributed by atoms with Crippen molar-refractivity contribution in [3.8, 4) is 5.75 Å². The van der Waals surface area contributed by atoms with Gasteiger partial charge in [0.05, 0.1) is 6.61 Å². The van der Waals surface area contributed by atoms with Crippen molar-refractivity contribution >= 4 is 28.4 Å². The SMILES string of the molecule is Cc1ccc(NC2=CCC(Nc3ccc(C)cc3)(OCCOc3ccc(N(c4ccccc4)c4ccccc4)cc3)C=C2)cc1. The van der Waals surface area contributed by atoms with E-state index in [-0.39, 0.29) is 0 Å². The zero-order chi connectivity index (χ0) is 30.9. The van der Waals surface area contributed by atoms with Crippen LogP contribution in [0.2, 0.25) is 0 Å². The van der Waals surface area contributed by atoms with Crippen LogP contribution in [-0.2, 0) is 4.74 Å². The highest BCUT2D eigenvalue weighted by atomic mass is 16.5. The Kier molecular flexibility index (Phi) is 9.28. The van der Waals surface area contributed by atoms with E-state index in [1.807, 2.05) is 24.3 Å². The normalized spacial score (nSPS) is 15.6. The van der Waals surface area contributed by atoms with E-state index < -0.39 is 5.72 Å². The average molecular weight is 594 g/mol. The van der Waals surface area contributed by atoms with E-state index in [0.29, 0.717) is 19.6 Å². The third-order valence-electron chi connectivity index (χ3n) is 7.74. The Balaban J connectivity index is 1.10. The van der Waals surface area contributed by atoms with Crippen molar-refractivity contribution in [2.45, 2.75) is 26.0 Å². The van der Waals surface area contributed by atoms with E-state index in [2.05, 4.69) is 157 Å². The number of benzene rings is 5. The molecule has 2 N–H and O–H groups in total. The summed E-state index contributed by atoms with van der Waals surface area (Å²) < 4.78 is 12.7. The standard InChI is InChI=1S/C40H39N3O2/c1-31-13-17-33(18-14-31)41-34-25-27-40(28-26-34,42-35-19-15-32(2)16-20-35)45-30-29-44-39-23-21-38(22-24-39)43(36-9-5-3-6-10-36)37-11-7-4-8-12-37/h3-27,41-42H,28-30H2,1-2H3. The number of allylic oxidation sites excluding steroid dienone is 1. The summed E-state index contributed by atoms with van der Waals surface area (Å²) in [6.45, 7) is 5.02. The number of para-hydroxylation sites is 2. The number of hydrogen-bond acceptors (Lipinski definition) is 5. The Labute approximate surface area is 266 Å². The molecule has 0 bridgehead atoms. The van der Waals surface area contributed by atoms with Gasteiger partial charge in [-0.25, -0.2) is 0 Å². The van der Waals surface area contributed by atoms with Crippen molar-refractivity contribution in [2.75, 3.05) is 28.7 Å². The monoisotopic (exact) mass is 593 g/mol. The molecule has 5 nitrogen and oxygen atoms in total. The molecule has 5 aromatic carbocycles. The Hall–Kier alpha value is -5.26. The Morgan fingerprint density at radius 1 is 0.622 bits per heavy atom. The number of hydrogen-bond donors (Lipinski definition) is 2. The third kappa shape index (κ3) is 7.83. The molecule has 0 spiro atoms. The van der Waals surface area contributed by atoms with Gasteiger partial charge in [0.25, 0.3) is 0 Å². The van der Waals surface area contributed by atoms with Crippen LogP contribution in [0.3, 0.4) is 0 Å². The molecule has 45 heavy (non-hydrogen) atoms. The van der Waals surface area contributed by atoms with Crippen molar-refractivity contribution in [3.05, 3.63) is 169 Å². The van der Waals surface area contributed by atoms with Gasteiger partial charge in [-0.3, -0.25) is 0 Å². The molecule has 1 aliphatic rings. The van der Waals surface area contributed by atoms with E-state index in [4.69, 9.17) is 9.47 Å². The summed E-state index contributed by atoms with van der Waals surface area (Å²) in [5.41, 5.74) is 8.14. The maximum absolute atomic E-state index is 6.51. The van der Waals surface area contributed by atoms with Gasteiger partial charge in [0, 0.05) is 40.6 Å². The first-order chi connectivity index (χ1) is 22.1. The lowest BCUT2D eigenvalue weighted by Crippen LogP contribution is -2.41. The van der Waals surface area contributed by atoms with E-state index in [0.717, 1.165) is 39.9 Å². The van der Waals surface area contributed by atoms with Crippen LogP contribution in [0.5, 0.6) is 5.75 Å². The first-order valence-corrected chi connectivity index (χ1v) is 15.4. The topological polar surface area (TPSA) is 45.8 Å². The summed E-state index contributed by atoms with van der Waals surface area (Å²) in [5.74, 6) is 0.799. The van der Waals surface area contributed by atoms with Gasteiger partial charge >= 0.3 is 0 Å². The Bertz CT molecular complexity index is 1680. The smallest absolute Gasteiger partial charge is 0.162 e. The molecular formula is C40H39N3O2. The molecule has 1 aliphatic carbocycles. The largest absolute Gasteiger partial charge is 0.491 e. The molecule has 0 radical (unpaired) electrons. The third-order valence-corrected chi connectivity index (χ3v) is 7.74. The second-order valence-corrected chi connectivity index (χ2v) is 11.3. The highest BCUT2D eigenvalue weighted by molar-refractivity contribution is 5.76. The molecule has 0 saturated carbocycles. The molecule has 0 heterocycles. The van der Waals surface area contributed by atoms with Crippen molar-refractivity contribution in [1.29, 1.82) is 0 Å². The van der Waals surface area contributed by atoms with Crippen LogP contribution in [0.4, 0.5) is 28.4 Å². The first kappa shape index (κ1) is 29.8. The predicted molar refractivity (Wildman–Crippen MR) is 187 cm³/mol. The summed E-state index contributed by atoms with van der Waals surface area (Å²) in [6.07, 6.45) is 7.01. The second-order valence-electron chi connectivity index (χ2n) is 11.3. The minimum Gasteiger partial charge on any atom is -0.491 e. The number of rotatable bonds is 12. The Morgan fingerprint density at radius 2 is 1.18 bits per heavy atom. The molecule has 5 heteroatoms. The van der Waals surface area contributed by atoms with Crippen LogP contribution in [0.1, 0.15) is 17.5 Å². The number of anilines is 5. The zero-order valence-electron chi connectivity index (χ0n) is 25.8. The van der Waals surface area contributed by atoms with Crippen LogP contribution in [-0.4, -0.2) is 18.9 Å². The minimum absolute atomic E-state index is 0.416. The van der Waals surface area contributed by atoms with E-state index >= 15 is 0 Å². The molecule has 5 aromatic rings. The maximum atomic E-state index is 6.51. The molecule has 0 amide bonds. The fourth-order valence-corrected chi connectivity index (χ4v) is 5.31.